The number of rotatable bonds is 5. The van der Waals surface area contributed by atoms with Gasteiger partial charge in [-0.25, -0.2) is 4.39 Å². The van der Waals surface area contributed by atoms with Crippen molar-refractivity contribution < 1.29 is 9.50 Å². The lowest BCUT2D eigenvalue weighted by molar-refractivity contribution is 0.132. The summed E-state index contributed by atoms with van der Waals surface area (Å²) in [6.07, 6.45) is 1.94. The first-order valence-electron chi connectivity index (χ1n) is 5.45. The molecule has 2 nitrogen and oxygen atoms in total. The lowest BCUT2D eigenvalue weighted by atomic mass is 9.98. The van der Waals surface area contributed by atoms with Crippen molar-refractivity contribution in [2.45, 2.75) is 38.3 Å². The van der Waals surface area contributed by atoms with Crippen molar-refractivity contribution in [1.29, 1.82) is 0 Å². The van der Waals surface area contributed by atoms with Crippen LogP contribution in [0.5, 0.6) is 0 Å². The Bertz CT molecular complexity index is 346. The number of halogens is 2. The molecule has 4 heteroatoms. The van der Waals surface area contributed by atoms with E-state index in [1.54, 1.807) is 12.1 Å². The predicted molar refractivity (Wildman–Crippen MR) is 66.6 cm³/mol. The standard InChI is InChI=1S/C12H17BrFNO/c1-2-3-7-10(16)12(15)8-5-4-6-9(14)11(8)13/h4-6,10,12,16H,2-3,7,15H2,1H3/t10-,12+/m1/s1. The van der Waals surface area contributed by atoms with E-state index in [0.717, 1.165) is 12.8 Å². The quantitative estimate of drug-likeness (QED) is 0.875. The van der Waals surface area contributed by atoms with Gasteiger partial charge in [0.25, 0.3) is 0 Å². The molecule has 0 aromatic heterocycles. The molecule has 0 amide bonds. The second kappa shape index (κ2) is 6.33. The lowest BCUT2D eigenvalue weighted by Crippen LogP contribution is -2.26. The largest absolute Gasteiger partial charge is 0.391 e. The zero-order valence-electron chi connectivity index (χ0n) is 9.29. The molecule has 0 saturated carbocycles. The van der Waals surface area contributed by atoms with Gasteiger partial charge in [0.05, 0.1) is 16.6 Å². The van der Waals surface area contributed by atoms with E-state index < -0.39 is 12.1 Å². The van der Waals surface area contributed by atoms with Crippen molar-refractivity contribution in [3.8, 4) is 0 Å². The van der Waals surface area contributed by atoms with Gasteiger partial charge in [0, 0.05) is 0 Å². The van der Waals surface area contributed by atoms with Crippen LogP contribution >= 0.6 is 15.9 Å². The fourth-order valence-electron chi connectivity index (χ4n) is 1.58. The Labute approximate surface area is 104 Å². The first-order chi connectivity index (χ1) is 7.57. The molecule has 0 fully saturated rings. The van der Waals surface area contributed by atoms with Crippen LogP contribution in [0, 0.1) is 5.82 Å². The zero-order chi connectivity index (χ0) is 12.1. The molecular formula is C12H17BrFNO. The first kappa shape index (κ1) is 13.6. The van der Waals surface area contributed by atoms with Crippen LogP contribution < -0.4 is 5.73 Å². The Hall–Kier alpha value is -0.450. The number of aliphatic hydroxyl groups is 1. The fourth-order valence-corrected chi connectivity index (χ4v) is 2.11. The Morgan fingerprint density at radius 3 is 2.81 bits per heavy atom. The number of aliphatic hydroxyl groups excluding tert-OH is 1. The summed E-state index contributed by atoms with van der Waals surface area (Å²) in [7, 11) is 0. The molecule has 90 valence electrons. The van der Waals surface area contributed by atoms with E-state index in [9.17, 15) is 9.50 Å². The number of unbranched alkanes of at least 4 members (excludes halogenated alkanes) is 1. The van der Waals surface area contributed by atoms with Crippen molar-refractivity contribution >= 4 is 15.9 Å². The van der Waals surface area contributed by atoms with E-state index >= 15 is 0 Å². The molecule has 3 N–H and O–H groups in total. The number of benzene rings is 1. The summed E-state index contributed by atoms with van der Waals surface area (Å²) in [5.41, 5.74) is 6.52. The van der Waals surface area contributed by atoms with Gasteiger partial charge >= 0.3 is 0 Å². The fraction of sp³-hybridized carbons (Fsp3) is 0.500. The van der Waals surface area contributed by atoms with E-state index in [2.05, 4.69) is 22.9 Å². The summed E-state index contributed by atoms with van der Waals surface area (Å²) < 4.78 is 13.6. The summed E-state index contributed by atoms with van der Waals surface area (Å²) in [5, 5.41) is 9.85. The van der Waals surface area contributed by atoms with Gasteiger partial charge in [-0.05, 0) is 34.0 Å². The Kier molecular flexibility index (Phi) is 5.38. The van der Waals surface area contributed by atoms with Crippen LogP contribution in [0.1, 0.15) is 37.8 Å². The third-order valence-electron chi connectivity index (χ3n) is 2.61. The van der Waals surface area contributed by atoms with Crippen LogP contribution in [0.25, 0.3) is 0 Å². The average molecular weight is 290 g/mol. The molecule has 16 heavy (non-hydrogen) atoms. The van der Waals surface area contributed by atoms with Gasteiger partial charge in [-0.15, -0.1) is 0 Å². The van der Waals surface area contributed by atoms with Crippen molar-refractivity contribution in [2.75, 3.05) is 0 Å². The summed E-state index contributed by atoms with van der Waals surface area (Å²) in [5.74, 6) is -0.351. The highest BCUT2D eigenvalue weighted by Gasteiger charge is 2.19. The molecule has 0 aliphatic rings. The van der Waals surface area contributed by atoms with Crippen LogP contribution in [0.15, 0.2) is 22.7 Å². The zero-order valence-corrected chi connectivity index (χ0v) is 10.9. The van der Waals surface area contributed by atoms with Crippen LogP contribution in [-0.4, -0.2) is 11.2 Å². The normalized spacial score (nSPS) is 14.8. The molecule has 2 atom stereocenters. The second-order valence-corrected chi connectivity index (χ2v) is 4.67. The minimum absolute atomic E-state index is 0.345. The summed E-state index contributed by atoms with van der Waals surface area (Å²) in [6.45, 7) is 2.05. The van der Waals surface area contributed by atoms with Crippen LogP contribution in [0.2, 0.25) is 0 Å². The van der Waals surface area contributed by atoms with Crippen LogP contribution in [0.4, 0.5) is 4.39 Å². The first-order valence-corrected chi connectivity index (χ1v) is 6.24. The van der Waals surface area contributed by atoms with E-state index in [-0.39, 0.29) is 5.82 Å². The lowest BCUT2D eigenvalue weighted by Gasteiger charge is -2.20. The van der Waals surface area contributed by atoms with Gasteiger partial charge in [-0.1, -0.05) is 31.9 Å². The van der Waals surface area contributed by atoms with Crippen LogP contribution in [0.3, 0.4) is 0 Å². The minimum Gasteiger partial charge on any atom is -0.391 e. The van der Waals surface area contributed by atoms with E-state index in [1.165, 1.54) is 6.07 Å². The molecule has 0 aliphatic heterocycles. The molecule has 1 aromatic carbocycles. The summed E-state index contributed by atoms with van der Waals surface area (Å²) in [4.78, 5) is 0. The SMILES string of the molecule is CCCC[C@@H](O)[C@@H](N)c1cccc(F)c1Br. The van der Waals surface area contributed by atoms with E-state index in [0.29, 0.717) is 16.5 Å². The minimum atomic E-state index is -0.627. The highest BCUT2D eigenvalue weighted by Crippen LogP contribution is 2.27. The van der Waals surface area contributed by atoms with Crippen molar-refractivity contribution in [3.63, 3.8) is 0 Å². The number of hydrogen-bond acceptors (Lipinski definition) is 2. The Balaban J connectivity index is 2.79. The molecule has 0 heterocycles. The van der Waals surface area contributed by atoms with Crippen molar-refractivity contribution in [3.05, 3.63) is 34.1 Å². The Morgan fingerprint density at radius 1 is 1.50 bits per heavy atom. The molecule has 1 aromatic rings. The van der Waals surface area contributed by atoms with Gasteiger partial charge in [0.2, 0.25) is 0 Å². The molecular weight excluding hydrogens is 273 g/mol. The maximum atomic E-state index is 13.3. The van der Waals surface area contributed by atoms with Crippen molar-refractivity contribution in [1.82, 2.24) is 0 Å². The van der Waals surface area contributed by atoms with E-state index in [4.69, 9.17) is 5.73 Å². The summed E-state index contributed by atoms with van der Waals surface area (Å²) >= 11 is 3.15. The molecule has 0 aliphatic carbocycles. The molecule has 0 bridgehead atoms. The summed E-state index contributed by atoms with van der Waals surface area (Å²) in [6, 6.07) is 4.14. The molecule has 0 saturated heterocycles. The smallest absolute Gasteiger partial charge is 0.137 e. The van der Waals surface area contributed by atoms with Gasteiger partial charge < -0.3 is 10.8 Å². The topological polar surface area (TPSA) is 46.2 Å². The monoisotopic (exact) mass is 289 g/mol. The van der Waals surface area contributed by atoms with Crippen molar-refractivity contribution in [2.24, 2.45) is 5.73 Å². The molecule has 0 spiro atoms. The third-order valence-corrected chi connectivity index (χ3v) is 3.45. The average Bonchev–Trinajstić information content (AvgIpc) is 2.28. The van der Waals surface area contributed by atoms with Gasteiger partial charge in [-0.2, -0.15) is 0 Å². The van der Waals surface area contributed by atoms with Gasteiger partial charge in [-0.3, -0.25) is 0 Å². The van der Waals surface area contributed by atoms with Gasteiger partial charge in [0.15, 0.2) is 0 Å². The highest BCUT2D eigenvalue weighted by molar-refractivity contribution is 9.10. The molecule has 0 radical (unpaired) electrons. The second-order valence-electron chi connectivity index (χ2n) is 3.88. The predicted octanol–water partition coefficient (Wildman–Crippen LogP) is 3.14. The Morgan fingerprint density at radius 2 is 2.19 bits per heavy atom. The molecule has 0 unspecified atom stereocenters. The maximum absolute atomic E-state index is 13.3. The number of nitrogens with two attached hydrogens (primary N) is 1. The third kappa shape index (κ3) is 3.27. The maximum Gasteiger partial charge on any atom is 0.137 e. The highest BCUT2D eigenvalue weighted by atomic mass is 79.9. The molecule has 1 rings (SSSR count). The van der Waals surface area contributed by atoms with Crippen LogP contribution in [-0.2, 0) is 0 Å². The number of hydrogen-bond donors (Lipinski definition) is 2. The van der Waals surface area contributed by atoms with Gasteiger partial charge in [0.1, 0.15) is 5.82 Å². The van der Waals surface area contributed by atoms with E-state index in [1.807, 2.05) is 0 Å².